The normalized spacial score (nSPS) is 20.0. The van der Waals surface area contributed by atoms with E-state index in [0.29, 0.717) is 5.92 Å². The molecule has 0 bridgehead atoms. The molecule has 1 aromatic heterocycles. The first-order valence-electron chi connectivity index (χ1n) is 6.65. The second-order valence-corrected chi connectivity index (χ2v) is 6.03. The number of nitrogens with one attached hydrogen (secondary N) is 1. The molecule has 2 aliphatic rings. The molecule has 0 spiro atoms. The predicted molar refractivity (Wildman–Crippen MR) is 71.1 cm³/mol. The number of nitrogens with zero attached hydrogens (tertiary/aromatic N) is 1. The molecule has 1 aliphatic carbocycles. The highest BCUT2D eigenvalue weighted by Gasteiger charge is 2.18. The first-order chi connectivity index (χ1) is 8.83. The van der Waals surface area contributed by atoms with E-state index < -0.39 is 0 Å². The summed E-state index contributed by atoms with van der Waals surface area (Å²) in [6, 6.07) is 0. The van der Waals surface area contributed by atoms with Crippen molar-refractivity contribution >= 4 is 11.8 Å². The van der Waals surface area contributed by atoms with Crippen LogP contribution in [-0.2, 0) is 17.6 Å². The van der Waals surface area contributed by atoms with Crippen molar-refractivity contribution in [2.75, 3.05) is 19.0 Å². The van der Waals surface area contributed by atoms with Crippen molar-refractivity contribution in [3.8, 4) is 0 Å². The number of thioether (sulfide) groups is 1. The highest BCUT2D eigenvalue weighted by molar-refractivity contribution is 7.99. The van der Waals surface area contributed by atoms with Gasteiger partial charge in [-0.1, -0.05) is 11.8 Å². The van der Waals surface area contributed by atoms with Crippen molar-refractivity contribution in [2.24, 2.45) is 5.92 Å². The summed E-state index contributed by atoms with van der Waals surface area (Å²) < 4.78 is 5.35. The minimum absolute atomic E-state index is 0.0759. The van der Waals surface area contributed by atoms with Crippen molar-refractivity contribution in [2.45, 2.75) is 37.3 Å². The summed E-state index contributed by atoms with van der Waals surface area (Å²) in [5.74, 6) is 1.73. The molecule has 3 rings (SSSR count). The zero-order chi connectivity index (χ0) is 12.4. The fourth-order valence-corrected chi connectivity index (χ4v) is 3.66. The topological polar surface area (TPSA) is 55.0 Å². The van der Waals surface area contributed by atoms with Crippen LogP contribution >= 0.6 is 11.8 Å². The summed E-state index contributed by atoms with van der Waals surface area (Å²) in [5.41, 5.74) is 2.01. The van der Waals surface area contributed by atoms with E-state index >= 15 is 0 Å². The van der Waals surface area contributed by atoms with Gasteiger partial charge in [0.05, 0.1) is 5.69 Å². The van der Waals surface area contributed by atoms with Crippen LogP contribution in [0.2, 0.25) is 0 Å². The summed E-state index contributed by atoms with van der Waals surface area (Å²) in [6.07, 6.45) is 5.18. The quantitative estimate of drug-likeness (QED) is 0.669. The first kappa shape index (κ1) is 12.2. The van der Waals surface area contributed by atoms with Gasteiger partial charge >= 0.3 is 0 Å². The Hall–Kier alpha value is -0.810. The van der Waals surface area contributed by atoms with Crippen molar-refractivity contribution in [3.63, 3.8) is 0 Å². The lowest BCUT2D eigenvalue weighted by molar-refractivity contribution is 0.0728. The third kappa shape index (κ3) is 2.62. The van der Waals surface area contributed by atoms with Gasteiger partial charge in [0.25, 0.3) is 5.56 Å². The molecule has 0 radical (unpaired) electrons. The lowest BCUT2D eigenvalue weighted by Gasteiger charge is -2.21. The van der Waals surface area contributed by atoms with E-state index in [1.165, 1.54) is 0 Å². The fraction of sp³-hybridized carbons (Fsp3) is 0.692. The van der Waals surface area contributed by atoms with Gasteiger partial charge in [0.1, 0.15) is 0 Å². The van der Waals surface area contributed by atoms with Crippen LogP contribution in [0.5, 0.6) is 0 Å². The Morgan fingerprint density at radius 2 is 2.17 bits per heavy atom. The van der Waals surface area contributed by atoms with Gasteiger partial charge in [0.2, 0.25) is 0 Å². The molecule has 0 atom stereocenters. The average Bonchev–Trinajstić information content (AvgIpc) is 2.86. The first-order valence-corrected chi connectivity index (χ1v) is 7.64. The second kappa shape index (κ2) is 5.45. The van der Waals surface area contributed by atoms with Crippen molar-refractivity contribution in [3.05, 3.63) is 21.6 Å². The highest BCUT2D eigenvalue weighted by Crippen LogP contribution is 2.24. The van der Waals surface area contributed by atoms with Crippen molar-refractivity contribution in [1.82, 2.24) is 9.97 Å². The minimum Gasteiger partial charge on any atom is -0.381 e. The number of fused-ring (bicyclic) bond motifs is 1. The van der Waals surface area contributed by atoms with Crippen molar-refractivity contribution < 1.29 is 4.74 Å². The van der Waals surface area contributed by atoms with Crippen LogP contribution < -0.4 is 5.56 Å². The van der Waals surface area contributed by atoms with Gasteiger partial charge in [-0.2, -0.15) is 0 Å². The van der Waals surface area contributed by atoms with E-state index in [-0.39, 0.29) is 5.56 Å². The zero-order valence-electron chi connectivity index (χ0n) is 10.4. The second-order valence-electron chi connectivity index (χ2n) is 5.02. The van der Waals surface area contributed by atoms with E-state index in [2.05, 4.69) is 9.97 Å². The molecule has 5 heteroatoms. The predicted octanol–water partition coefficient (Wildman–Crippen LogP) is 1.78. The van der Waals surface area contributed by atoms with Crippen LogP contribution in [0.1, 0.15) is 30.5 Å². The molecule has 1 aromatic rings. The van der Waals surface area contributed by atoms with Gasteiger partial charge in [-0.3, -0.25) is 4.79 Å². The standard InChI is InChI=1S/C13H18N2O2S/c16-12-10-2-1-3-11(10)14-13(15-12)18-8-9-4-6-17-7-5-9/h9H,1-8H2,(H,14,15,16). The molecule has 1 saturated heterocycles. The number of aryl methyl sites for hydroxylation is 1. The van der Waals surface area contributed by atoms with Gasteiger partial charge in [-0.25, -0.2) is 4.98 Å². The maximum Gasteiger partial charge on any atom is 0.254 e. The molecule has 1 fully saturated rings. The molecule has 18 heavy (non-hydrogen) atoms. The average molecular weight is 266 g/mol. The molecule has 0 saturated carbocycles. The molecule has 2 heterocycles. The molecule has 0 amide bonds. The lowest BCUT2D eigenvalue weighted by Crippen LogP contribution is -2.19. The van der Waals surface area contributed by atoms with Crippen LogP contribution in [0.3, 0.4) is 0 Å². The number of H-pyrrole nitrogens is 1. The Morgan fingerprint density at radius 3 is 3.00 bits per heavy atom. The number of aromatic nitrogens is 2. The van der Waals surface area contributed by atoms with Crippen LogP contribution in [0.25, 0.3) is 0 Å². The molecule has 0 aromatic carbocycles. The Kier molecular flexibility index (Phi) is 3.70. The Labute approximate surface area is 111 Å². The fourth-order valence-electron chi connectivity index (χ4n) is 2.60. The van der Waals surface area contributed by atoms with Crippen LogP contribution in [0.15, 0.2) is 9.95 Å². The van der Waals surface area contributed by atoms with Gasteiger partial charge in [0, 0.05) is 24.5 Å². The van der Waals surface area contributed by atoms with E-state index in [9.17, 15) is 4.79 Å². The highest BCUT2D eigenvalue weighted by atomic mass is 32.2. The van der Waals surface area contributed by atoms with Gasteiger partial charge in [-0.05, 0) is 38.0 Å². The summed E-state index contributed by atoms with van der Waals surface area (Å²) in [4.78, 5) is 19.3. The van der Waals surface area contributed by atoms with Crippen molar-refractivity contribution in [1.29, 1.82) is 0 Å². The van der Waals surface area contributed by atoms with Gasteiger partial charge < -0.3 is 9.72 Å². The molecule has 1 N–H and O–H groups in total. The lowest BCUT2D eigenvalue weighted by atomic mass is 10.0. The number of rotatable bonds is 3. The zero-order valence-corrected chi connectivity index (χ0v) is 11.2. The maximum absolute atomic E-state index is 11.9. The third-order valence-corrected chi connectivity index (χ3v) is 4.82. The number of ether oxygens (including phenoxy) is 1. The summed E-state index contributed by atoms with van der Waals surface area (Å²) in [6.45, 7) is 1.75. The molecule has 1 aliphatic heterocycles. The molecular weight excluding hydrogens is 248 g/mol. The summed E-state index contributed by atoms with van der Waals surface area (Å²) in [7, 11) is 0. The van der Waals surface area contributed by atoms with Gasteiger partial charge in [-0.15, -0.1) is 0 Å². The molecule has 4 nitrogen and oxygen atoms in total. The third-order valence-electron chi connectivity index (χ3n) is 3.72. The van der Waals surface area contributed by atoms with E-state index in [1.54, 1.807) is 11.8 Å². The molecule has 0 unspecified atom stereocenters. The summed E-state index contributed by atoms with van der Waals surface area (Å²) in [5, 5.41) is 0.798. The summed E-state index contributed by atoms with van der Waals surface area (Å²) >= 11 is 1.68. The number of aromatic amines is 1. The smallest absolute Gasteiger partial charge is 0.254 e. The molecular formula is C13H18N2O2S. The van der Waals surface area contributed by atoms with E-state index in [1.807, 2.05) is 0 Å². The maximum atomic E-state index is 11.9. The molecule has 98 valence electrons. The Balaban J connectivity index is 1.66. The van der Waals surface area contributed by atoms with E-state index in [0.717, 1.165) is 67.5 Å². The SMILES string of the molecule is O=c1[nH]c(SCC2CCOCC2)nc2c1CCC2. The Morgan fingerprint density at radius 1 is 1.33 bits per heavy atom. The number of hydrogen-bond donors (Lipinski definition) is 1. The monoisotopic (exact) mass is 266 g/mol. The van der Waals surface area contributed by atoms with E-state index in [4.69, 9.17) is 4.74 Å². The van der Waals surface area contributed by atoms with Crippen LogP contribution in [-0.4, -0.2) is 28.9 Å². The van der Waals surface area contributed by atoms with Crippen LogP contribution in [0, 0.1) is 5.92 Å². The Bertz CT molecular complexity index is 480. The number of hydrogen-bond acceptors (Lipinski definition) is 4. The van der Waals surface area contributed by atoms with Gasteiger partial charge in [0.15, 0.2) is 5.16 Å². The largest absolute Gasteiger partial charge is 0.381 e. The van der Waals surface area contributed by atoms with Crippen LogP contribution in [0.4, 0.5) is 0 Å². The minimum atomic E-state index is 0.0759.